The molecule has 1 aromatic heterocycles. The minimum absolute atomic E-state index is 0.574. The lowest BCUT2D eigenvalue weighted by Gasteiger charge is -2.07. The summed E-state index contributed by atoms with van der Waals surface area (Å²) in [6.07, 6.45) is 0. The normalized spacial score (nSPS) is 12.9. The average Bonchev–Trinajstić information content (AvgIpc) is 3.09. The van der Waals surface area contributed by atoms with Crippen LogP contribution >= 0.6 is 0 Å². The maximum atomic E-state index is 5.81. The van der Waals surface area contributed by atoms with Crippen LogP contribution in [0.1, 0.15) is 16.8 Å². The molecule has 23 heavy (non-hydrogen) atoms. The highest BCUT2D eigenvalue weighted by Crippen LogP contribution is 2.23. The van der Waals surface area contributed by atoms with E-state index in [2.05, 4.69) is 33.7 Å². The Morgan fingerprint density at radius 1 is 0.913 bits per heavy atom. The monoisotopic (exact) mass is 303 g/mol. The van der Waals surface area contributed by atoms with Crippen LogP contribution < -0.4 is 10.1 Å². The summed E-state index contributed by atoms with van der Waals surface area (Å²) in [5.74, 6) is 0.855. The molecule has 0 amide bonds. The number of hydrogen-bond acceptors (Lipinski definition) is 4. The summed E-state index contributed by atoms with van der Waals surface area (Å²) in [5, 5.41) is 11.9. The molecule has 114 valence electrons. The fourth-order valence-corrected chi connectivity index (χ4v) is 2.68. The van der Waals surface area contributed by atoms with Gasteiger partial charge >= 0.3 is 0 Å². The number of rotatable bonds is 4. The highest BCUT2D eigenvalue weighted by atomic mass is 16.5. The molecular formula is C19H17N3O. The Hall–Kier alpha value is -2.72. The molecule has 0 aliphatic carbocycles. The van der Waals surface area contributed by atoms with Crippen LogP contribution in [-0.2, 0) is 19.7 Å². The summed E-state index contributed by atoms with van der Waals surface area (Å²) in [6.45, 7) is 2.26. The highest BCUT2D eigenvalue weighted by Gasteiger charge is 2.13. The molecule has 0 spiro atoms. The van der Waals surface area contributed by atoms with Gasteiger partial charge in [0, 0.05) is 18.7 Å². The molecule has 0 unspecified atom stereocenters. The SMILES string of the molecule is c1ccc(COc2ccc(-c3cc4c(nn3)CNC4)cc2)cc1. The Balaban J connectivity index is 1.47. The van der Waals surface area contributed by atoms with Crippen LogP contribution in [0.15, 0.2) is 60.7 Å². The average molecular weight is 303 g/mol. The fraction of sp³-hybridized carbons (Fsp3) is 0.158. The van der Waals surface area contributed by atoms with Gasteiger partial charge in [0.25, 0.3) is 0 Å². The lowest BCUT2D eigenvalue weighted by molar-refractivity contribution is 0.306. The number of nitrogens with one attached hydrogen (secondary N) is 1. The van der Waals surface area contributed by atoms with Gasteiger partial charge in [0.1, 0.15) is 12.4 Å². The van der Waals surface area contributed by atoms with E-state index < -0.39 is 0 Å². The van der Waals surface area contributed by atoms with Crippen LogP contribution in [0, 0.1) is 0 Å². The number of ether oxygens (including phenoxy) is 1. The lowest BCUT2D eigenvalue weighted by Crippen LogP contribution is -2.00. The number of aromatic nitrogens is 2. The summed E-state index contributed by atoms with van der Waals surface area (Å²) in [7, 11) is 0. The molecular weight excluding hydrogens is 286 g/mol. The summed E-state index contributed by atoms with van der Waals surface area (Å²) < 4.78 is 5.81. The topological polar surface area (TPSA) is 47.0 Å². The Bertz CT molecular complexity index is 801. The van der Waals surface area contributed by atoms with Crippen molar-refractivity contribution in [3.8, 4) is 17.0 Å². The summed E-state index contributed by atoms with van der Waals surface area (Å²) in [6, 6.07) is 20.3. The summed E-state index contributed by atoms with van der Waals surface area (Å²) in [5.41, 5.74) is 5.41. The minimum Gasteiger partial charge on any atom is -0.489 e. The van der Waals surface area contributed by atoms with Crippen molar-refractivity contribution in [2.24, 2.45) is 0 Å². The first kappa shape index (κ1) is 13.9. The van der Waals surface area contributed by atoms with Gasteiger partial charge in [-0.25, -0.2) is 0 Å². The standard InChI is InChI=1S/C19H17N3O/c1-2-4-14(5-3-1)13-23-17-8-6-15(7-9-17)18-10-16-11-20-12-19(16)22-21-18/h1-10,20H,11-13H2. The second-order valence-electron chi connectivity index (χ2n) is 5.60. The Labute approximate surface area is 135 Å². The van der Waals surface area contributed by atoms with Gasteiger partial charge in [-0.1, -0.05) is 30.3 Å². The van der Waals surface area contributed by atoms with Gasteiger partial charge in [0.05, 0.1) is 11.4 Å². The summed E-state index contributed by atoms with van der Waals surface area (Å²) >= 11 is 0. The maximum absolute atomic E-state index is 5.81. The van der Waals surface area contributed by atoms with E-state index in [0.717, 1.165) is 41.4 Å². The molecule has 4 nitrogen and oxygen atoms in total. The zero-order valence-corrected chi connectivity index (χ0v) is 12.7. The fourth-order valence-electron chi connectivity index (χ4n) is 2.68. The maximum Gasteiger partial charge on any atom is 0.119 e. The van der Waals surface area contributed by atoms with Gasteiger partial charge in [-0.05, 0) is 41.5 Å². The van der Waals surface area contributed by atoms with Gasteiger partial charge in [-0.15, -0.1) is 0 Å². The molecule has 0 radical (unpaired) electrons. The second kappa shape index (κ2) is 6.18. The molecule has 1 aliphatic heterocycles. The second-order valence-corrected chi connectivity index (χ2v) is 5.60. The van der Waals surface area contributed by atoms with E-state index in [1.807, 2.05) is 42.5 Å². The van der Waals surface area contributed by atoms with E-state index in [1.54, 1.807) is 0 Å². The molecule has 0 atom stereocenters. The molecule has 0 fully saturated rings. The predicted octanol–water partition coefficient (Wildman–Crippen LogP) is 3.33. The van der Waals surface area contributed by atoms with E-state index in [0.29, 0.717) is 6.61 Å². The van der Waals surface area contributed by atoms with Crippen LogP contribution in [-0.4, -0.2) is 10.2 Å². The molecule has 2 aromatic carbocycles. The van der Waals surface area contributed by atoms with Crippen molar-refractivity contribution in [1.82, 2.24) is 15.5 Å². The number of nitrogens with zero attached hydrogens (tertiary/aromatic N) is 2. The zero-order chi connectivity index (χ0) is 15.5. The molecule has 1 aliphatic rings. The first-order valence-electron chi connectivity index (χ1n) is 7.72. The van der Waals surface area contributed by atoms with Gasteiger partial charge in [-0.3, -0.25) is 0 Å². The molecule has 4 rings (SSSR count). The van der Waals surface area contributed by atoms with Crippen molar-refractivity contribution in [2.75, 3.05) is 0 Å². The number of hydrogen-bond donors (Lipinski definition) is 1. The molecule has 4 heteroatoms. The van der Waals surface area contributed by atoms with Gasteiger partial charge < -0.3 is 10.1 Å². The molecule has 0 bridgehead atoms. The zero-order valence-electron chi connectivity index (χ0n) is 12.7. The van der Waals surface area contributed by atoms with Crippen molar-refractivity contribution in [1.29, 1.82) is 0 Å². The predicted molar refractivity (Wildman–Crippen MR) is 88.8 cm³/mol. The summed E-state index contributed by atoms with van der Waals surface area (Å²) in [4.78, 5) is 0. The van der Waals surface area contributed by atoms with Gasteiger partial charge in [0.15, 0.2) is 0 Å². The van der Waals surface area contributed by atoms with Crippen molar-refractivity contribution in [3.05, 3.63) is 77.5 Å². The van der Waals surface area contributed by atoms with E-state index >= 15 is 0 Å². The van der Waals surface area contributed by atoms with Crippen LogP contribution in [0.25, 0.3) is 11.3 Å². The van der Waals surface area contributed by atoms with Crippen molar-refractivity contribution < 1.29 is 4.74 Å². The Morgan fingerprint density at radius 3 is 2.57 bits per heavy atom. The Morgan fingerprint density at radius 2 is 1.74 bits per heavy atom. The van der Waals surface area contributed by atoms with Crippen LogP contribution in [0.2, 0.25) is 0 Å². The van der Waals surface area contributed by atoms with Crippen molar-refractivity contribution >= 4 is 0 Å². The molecule has 3 aromatic rings. The smallest absolute Gasteiger partial charge is 0.119 e. The third-order valence-electron chi connectivity index (χ3n) is 3.97. The van der Waals surface area contributed by atoms with Crippen molar-refractivity contribution in [3.63, 3.8) is 0 Å². The van der Waals surface area contributed by atoms with Gasteiger partial charge in [-0.2, -0.15) is 10.2 Å². The van der Waals surface area contributed by atoms with Crippen LogP contribution in [0.5, 0.6) is 5.75 Å². The lowest BCUT2D eigenvalue weighted by atomic mass is 10.1. The molecule has 2 heterocycles. The first-order valence-corrected chi connectivity index (χ1v) is 7.72. The third-order valence-corrected chi connectivity index (χ3v) is 3.97. The van der Waals surface area contributed by atoms with Crippen LogP contribution in [0.4, 0.5) is 0 Å². The number of fused-ring (bicyclic) bond motifs is 1. The number of benzene rings is 2. The highest BCUT2D eigenvalue weighted by molar-refractivity contribution is 5.60. The quantitative estimate of drug-likeness (QED) is 0.803. The third kappa shape index (κ3) is 3.07. The van der Waals surface area contributed by atoms with E-state index in [1.165, 1.54) is 5.56 Å². The van der Waals surface area contributed by atoms with Crippen molar-refractivity contribution in [2.45, 2.75) is 19.7 Å². The largest absolute Gasteiger partial charge is 0.489 e. The first-order chi connectivity index (χ1) is 11.4. The Kier molecular flexibility index (Phi) is 3.74. The molecule has 1 N–H and O–H groups in total. The van der Waals surface area contributed by atoms with E-state index in [4.69, 9.17) is 4.74 Å². The minimum atomic E-state index is 0.574. The van der Waals surface area contributed by atoms with E-state index in [9.17, 15) is 0 Å². The molecule has 0 saturated carbocycles. The van der Waals surface area contributed by atoms with Crippen LogP contribution in [0.3, 0.4) is 0 Å². The van der Waals surface area contributed by atoms with Gasteiger partial charge in [0.2, 0.25) is 0 Å². The van der Waals surface area contributed by atoms with E-state index in [-0.39, 0.29) is 0 Å². The molecule has 0 saturated heterocycles.